The third-order valence-corrected chi connectivity index (χ3v) is 13.6. The van der Waals surface area contributed by atoms with E-state index < -0.39 is 16.5 Å². The molecule has 262 valence electrons. The van der Waals surface area contributed by atoms with E-state index in [1.807, 2.05) is 24.3 Å². The minimum Gasteiger partial charge on any atom is -0.492 e. The zero-order chi connectivity index (χ0) is 33.2. The molecule has 1 saturated heterocycles. The molecule has 1 heterocycles. The number of nitrogens with zero attached hydrogens (tertiary/aromatic N) is 1. The smallest absolute Gasteiger partial charge is 0.397 e. The van der Waals surface area contributed by atoms with Crippen LogP contribution in [0, 0.1) is 40.4 Å². The second-order valence-electron chi connectivity index (χ2n) is 15.6. The normalized spacial score (nSPS) is 34.8. The molecule has 3 saturated carbocycles. The summed E-state index contributed by atoms with van der Waals surface area (Å²) in [7, 11) is -4.43. The number of nitrogens with one attached hydrogen (secondary N) is 1. The lowest BCUT2D eigenvalue weighted by molar-refractivity contribution is -0.121. The second kappa shape index (κ2) is 14.5. The van der Waals surface area contributed by atoms with E-state index in [4.69, 9.17) is 13.7 Å². The van der Waals surface area contributed by atoms with Crippen molar-refractivity contribution in [2.45, 2.75) is 97.6 Å². The highest BCUT2D eigenvalue weighted by Gasteiger charge is 2.59. The molecule has 6 rings (SSSR count). The van der Waals surface area contributed by atoms with Crippen molar-refractivity contribution in [3.8, 4) is 5.75 Å². The van der Waals surface area contributed by atoms with Crippen molar-refractivity contribution < 1.29 is 31.4 Å². The zero-order valence-electron chi connectivity index (χ0n) is 28.6. The number of carbonyl (C=O) groups excluding carboxylic acids is 1. The SMILES string of the molecule is C[C@H](CCC(=O)NCc1ccc(OCCN2CCOCC2)cc1)[C@H]1CC[C@H]2[C@@H]3CC=C4C[C@@H](OS(=O)(=O)O)CC[C@]4(C)[C@H]3CC[C@]12C. The molecule has 0 spiro atoms. The van der Waals surface area contributed by atoms with Crippen LogP contribution >= 0.6 is 0 Å². The second-order valence-corrected chi connectivity index (χ2v) is 16.7. The fraction of sp³-hybridized carbons (Fsp3) is 0.757. The van der Waals surface area contributed by atoms with E-state index in [2.05, 4.69) is 37.1 Å². The lowest BCUT2D eigenvalue weighted by atomic mass is 9.47. The molecular weight excluding hydrogens is 616 g/mol. The average molecular weight is 673 g/mol. The monoisotopic (exact) mass is 672 g/mol. The molecule has 9 nitrogen and oxygen atoms in total. The summed E-state index contributed by atoms with van der Waals surface area (Å²) in [6.07, 6.45) is 11.6. The number of fused-ring (bicyclic) bond motifs is 5. The highest BCUT2D eigenvalue weighted by molar-refractivity contribution is 7.80. The van der Waals surface area contributed by atoms with Crippen molar-refractivity contribution in [1.82, 2.24) is 10.2 Å². The first-order chi connectivity index (χ1) is 22.4. The van der Waals surface area contributed by atoms with E-state index in [1.54, 1.807) is 0 Å². The van der Waals surface area contributed by atoms with Crippen molar-refractivity contribution in [2.24, 2.45) is 40.4 Å². The highest BCUT2D eigenvalue weighted by Crippen LogP contribution is 2.67. The summed E-state index contributed by atoms with van der Waals surface area (Å²) in [5.74, 6) is 4.07. The first-order valence-electron chi connectivity index (χ1n) is 18.1. The quantitative estimate of drug-likeness (QED) is 0.200. The molecule has 0 bridgehead atoms. The van der Waals surface area contributed by atoms with E-state index in [0.717, 1.165) is 63.4 Å². The maximum absolute atomic E-state index is 12.9. The van der Waals surface area contributed by atoms with Crippen molar-refractivity contribution in [3.05, 3.63) is 41.5 Å². The van der Waals surface area contributed by atoms with E-state index in [-0.39, 0.29) is 11.3 Å². The summed E-state index contributed by atoms with van der Waals surface area (Å²) in [6, 6.07) is 8.04. The summed E-state index contributed by atoms with van der Waals surface area (Å²) < 4.78 is 48.2. The molecule has 8 atom stereocenters. The molecule has 1 amide bonds. The van der Waals surface area contributed by atoms with Gasteiger partial charge in [-0.25, -0.2) is 4.18 Å². The van der Waals surface area contributed by atoms with Gasteiger partial charge in [-0.05, 0) is 116 Å². The van der Waals surface area contributed by atoms with E-state index in [9.17, 15) is 17.8 Å². The van der Waals surface area contributed by atoms with Gasteiger partial charge in [0, 0.05) is 32.6 Å². The number of amides is 1. The van der Waals surface area contributed by atoms with Crippen LogP contribution in [-0.2, 0) is 30.7 Å². The van der Waals surface area contributed by atoms with Crippen LogP contribution in [0.5, 0.6) is 5.75 Å². The number of benzene rings is 1. The topological polar surface area (TPSA) is 114 Å². The Balaban J connectivity index is 0.955. The lowest BCUT2D eigenvalue weighted by Crippen LogP contribution is -2.51. The predicted molar refractivity (Wildman–Crippen MR) is 181 cm³/mol. The van der Waals surface area contributed by atoms with Gasteiger partial charge in [-0.1, -0.05) is 44.6 Å². The summed E-state index contributed by atoms with van der Waals surface area (Å²) in [5.41, 5.74) is 2.80. The number of carbonyl (C=O) groups is 1. The Morgan fingerprint density at radius 2 is 1.85 bits per heavy atom. The number of hydrogen-bond donors (Lipinski definition) is 2. The van der Waals surface area contributed by atoms with Crippen LogP contribution in [0.15, 0.2) is 35.9 Å². The number of rotatable bonds is 12. The Morgan fingerprint density at radius 1 is 1.09 bits per heavy atom. The predicted octanol–water partition coefficient (Wildman–Crippen LogP) is 6.20. The van der Waals surface area contributed by atoms with E-state index >= 15 is 0 Å². The van der Waals surface area contributed by atoms with Gasteiger partial charge in [0.1, 0.15) is 12.4 Å². The Labute approximate surface area is 282 Å². The van der Waals surface area contributed by atoms with Gasteiger partial charge in [0.2, 0.25) is 5.91 Å². The average Bonchev–Trinajstić information content (AvgIpc) is 3.40. The van der Waals surface area contributed by atoms with Gasteiger partial charge in [-0.15, -0.1) is 0 Å². The minimum atomic E-state index is -4.43. The molecule has 1 aromatic rings. The molecule has 5 aliphatic rings. The maximum atomic E-state index is 12.9. The van der Waals surface area contributed by atoms with Gasteiger partial charge in [0.05, 0.1) is 19.3 Å². The van der Waals surface area contributed by atoms with Gasteiger partial charge in [0.15, 0.2) is 0 Å². The lowest BCUT2D eigenvalue weighted by Gasteiger charge is -2.58. The van der Waals surface area contributed by atoms with E-state index in [0.29, 0.717) is 67.4 Å². The largest absolute Gasteiger partial charge is 0.492 e. The summed E-state index contributed by atoms with van der Waals surface area (Å²) in [4.78, 5) is 15.3. The highest BCUT2D eigenvalue weighted by atomic mass is 32.3. The minimum absolute atomic E-state index is 0.0848. The van der Waals surface area contributed by atoms with Crippen LogP contribution in [0.4, 0.5) is 0 Å². The molecule has 10 heteroatoms. The Bertz CT molecular complexity index is 1380. The van der Waals surface area contributed by atoms with Crippen LogP contribution in [-0.4, -0.2) is 69.3 Å². The van der Waals surface area contributed by atoms with Crippen molar-refractivity contribution >= 4 is 16.3 Å². The third kappa shape index (κ3) is 7.93. The Kier molecular flexibility index (Phi) is 10.7. The van der Waals surface area contributed by atoms with Crippen LogP contribution in [0.1, 0.15) is 90.5 Å². The molecule has 0 unspecified atom stereocenters. The number of ether oxygens (including phenoxy) is 2. The summed E-state index contributed by atoms with van der Waals surface area (Å²) in [5, 5.41) is 3.14. The van der Waals surface area contributed by atoms with Gasteiger partial charge in [0.25, 0.3) is 0 Å². The molecule has 47 heavy (non-hydrogen) atoms. The van der Waals surface area contributed by atoms with Gasteiger partial charge in [-0.3, -0.25) is 14.2 Å². The van der Waals surface area contributed by atoms with Gasteiger partial charge in [-0.2, -0.15) is 8.42 Å². The first kappa shape index (κ1) is 34.9. The molecule has 2 N–H and O–H groups in total. The molecule has 1 aliphatic heterocycles. The zero-order valence-corrected chi connectivity index (χ0v) is 29.4. The van der Waals surface area contributed by atoms with Crippen LogP contribution in [0.25, 0.3) is 0 Å². The third-order valence-electron chi connectivity index (χ3n) is 13.1. The Morgan fingerprint density at radius 3 is 2.60 bits per heavy atom. The number of allylic oxidation sites excluding steroid dienone is 1. The van der Waals surface area contributed by atoms with Crippen molar-refractivity contribution in [3.63, 3.8) is 0 Å². The van der Waals surface area contributed by atoms with Crippen LogP contribution in [0.3, 0.4) is 0 Å². The molecular formula is C37H56N2O7S. The standard InChI is InChI=1S/C37H56N2O7S/c1-26(4-13-35(40)38-25-27-5-8-29(9-6-27)45-23-20-39-18-21-44-22-19-39)32-11-12-33-31-10-7-28-24-30(46-47(41,42)43)14-16-36(28,2)34(31)15-17-37(32,33)3/h5-9,26,30-34H,4,10-25H2,1-3H3,(H,38,40)(H,41,42,43)/t26-,30+,31+,32-,33+,34+,36+,37-/m1/s1. The fourth-order valence-corrected chi connectivity index (χ4v) is 11.0. The van der Waals surface area contributed by atoms with Crippen LogP contribution < -0.4 is 10.1 Å². The molecule has 4 aliphatic carbocycles. The van der Waals surface area contributed by atoms with Gasteiger partial charge >= 0.3 is 10.4 Å². The Hall–Kier alpha value is -1.98. The molecule has 4 fully saturated rings. The number of morpholine rings is 1. The maximum Gasteiger partial charge on any atom is 0.397 e. The fourth-order valence-electron chi connectivity index (χ4n) is 10.5. The molecule has 1 aromatic carbocycles. The molecule has 0 aromatic heterocycles. The van der Waals surface area contributed by atoms with E-state index in [1.165, 1.54) is 31.3 Å². The van der Waals surface area contributed by atoms with Crippen molar-refractivity contribution in [2.75, 3.05) is 39.5 Å². The van der Waals surface area contributed by atoms with Crippen LogP contribution in [0.2, 0.25) is 0 Å². The summed E-state index contributed by atoms with van der Waals surface area (Å²) >= 11 is 0. The van der Waals surface area contributed by atoms with Gasteiger partial charge < -0.3 is 14.8 Å². The first-order valence-corrected chi connectivity index (χ1v) is 19.4. The molecule has 0 radical (unpaired) electrons. The number of hydrogen-bond acceptors (Lipinski definition) is 7. The summed E-state index contributed by atoms with van der Waals surface area (Å²) in [6.45, 7) is 12.9. The van der Waals surface area contributed by atoms with Crippen molar-refractivity contribution in [1.29, 1.82) is 0 Å².